The summed E-state index contributed by atoms with van der Waals surface area (Å²) in [6.45, 7) is -2.56. The number of halogens is 2. The number of amides is 1. The number of benzene rings is 2. The van der Waals surface area contributed by atoms with Gasteiger partial charge in [0.05, 0.1) is 32.0 Å². The summed E-state index contributed by atoms with van der Waals surface area (Å²) in [5.41, 5.74) is 1.35. The van der Waals surface area contributed by atoms with Crippen LogP contribution in [-0.4, -0.2) is 51.2 Å². The number of ether oxygens (including phenoxy) is 3. The second-order valence-electron chi connectivity index (χ2n) is 6.12. The van der Waals surface area contributed by atoms with Crippen LogP contribution in [-0.2, 0) is 16.1 Å². The molecule has 1 amide bonds. The van der Waals surface area contributed by atoms with E-state index in [9.17, 15) is 18.4 Å². The van der Waals surface area contributed by atoms with Crippen molar-refractivity contribution in [1.29, 1.82) is 0 Å². The SMILES string of the molecule is COC(=O)c1ccccc1NC(=O)CN(C)Cc1ccc(OC(F)F)c(OC)c1. The molecule has 0 saturated carbocycles. The number of nitrogens with zero attached hydrogens (tertiary/aromatic N) is 1. The van der Waals surface area contributed by atoms with E-state index in [0.717, 1.165) is 5.56 Å². The molecule has 7 nitrogen and oxygen atoms in total. The van der Waals surface area contributed by atoms with Crippen LogP contribution in [0.25, 0.3) is 0 Å². The number of carbonyl (C=O) groups is 2. The summed E-state index contributed by atoms with van der Waals surface area (Å²) in [6, 6.07) is 11.1. The second kappa shape index (κ2) is 10.4. The highest BCUT2D eigenvalue weighted by atomic mass is 19.3. The Morgan fingerprint density at radius 3 is 2.48 bits per heavy atom. The summed E-state index contributed by atoms with van der Waals surface area (Å²) in [4.78, 5) is 25.8. The Morgan fingerprint density at radius 1 is 1.10 bits per heavy atom. The van der Waals surface area contributed by atoms with Gasteiger partial charge < -0.3 is 19.5 Å². The zero-order valence-corrected chi connectivity index (χ0v) is 16.3. The molecule has 0 saturated heterocycles. The van der Waals surface area contributed by atoms with E-state index in [2.05, 4.69) is 10.1 Å². The molecule has 156 valence electrons. The van der Waals surface area contributed by atoms with E-state index in [1.807, 2.05) is 0 Å². The van der Waals surface area contributed by atoms with Gasteiger partial charge in [0, 0.05) is 6.54 Å². The number of methoxy groups -OCH3 is 2. The fraction of sp³-hybridized carbons (Fsp3) is 0.300. The predicted octanol–water partition coefficient (Wildman–Crippen LogP) is 3.15. The lowest BCUT2D eigenvalue weighted by atomic mass is 10.1. The van der Waals surface area contributed by atoms with Crippen LogP contribution < -0.4 is 14.8 Å². The number of carbonyl (C=O) groups excluding carboxylic acids is 2. The van der Waals surface area contributed by atoms with Gasteiger partial charge in [0.15, 0.2) is 11.5 Å². The Kier molecular flexibility index (Phi) is 7.90. The van der Waals surface area contributed by atoms with Gasteiger partial charge in [-0.05, 0) is 36.9 Å². The number of hydrogen-bond donors (Lipinski definition) is 1. The van der Waals surface area contributed by atoms with Crippen molar-refractivity contribution in [2.24, 2.45) is 0 Å². The number of rotatable bonds is 9. The number of nitrogens with one attached hydrogen (secondary N) is 1. The average molecular weight is 408 g/mol. The summed E-state index contributed by atoms with van der Waals surface area (Å²) in [7, 11) is 4.34. The summed E-state index contributed by atoms with van der Waals surface area (Å²) in [6.07, 6.45) is 0. The van der Waals surface area contributed by atoms with E-state index in [1.54, 1.807) is 48.3 Å². The molecule has 2 rings (SSSR count). The van der Waals surface area contributed by atoms with Gasteiger partial charge in [-0.3, -0.25) is 9.69 Å². The van der Waals surface area contributed by atoms with Crippen molar-refractivity contribution >= 4 is 17.6 Å². The number of esters is 1. The molecule has 0 aliphatic heterocycles. The molecule has 0 atom stereocenters. The molecule has 0 aliphatic carbocycles. The van der Waals surface area contributed by atoms with E-state index in [0.29, 0.717) is 12.2 Å². The van der Waals surface area contributed by atoms with Gasteiger partial charge in [-0.25, -0.2) is 4.79 Å². The van der Waals surface area contributed by atoms with Crippen molar-refractivity contribution in [3.05, 3.63) is 53.6 Å². The molecular weight excluding hydrogens is 386 g/mol. The van der Waals surface area contributed by atoms with Crippen molar-refractivity contribution < 1.29 is 32.6 Å². The molecule has 0 fully saturated rings. The fourth-order valence-corrected chi connectivity index (χ4v) is 2.69. The van der Waals surface area contributed by atoms with E-state index in [4.69, 9.17) is 9.47 Å². The Balaban J connectivity index is 2.00. The monoisotopic (exact) mass is 408 g/mol. The molecule has 1 N–H and O–H groups in total. The van der Waals surface area contributed by atoms with Crippen LogP contribution in [0.4, 0.5) is 14.5 Å². The third-order valence-corrected chi connectivity index (χ3v) is 3.92. The molecule has 0 aliphatic rings. The topological polar surface area (TPSA) is 77.1 Å². The quantitative estimate of drug-likeness (QED) is 0.643. The molecule has 0 bridgehead atoms. The Hall–Kier alpha value is -3.20. The molecule has 2 aromatic rings. The number of alkyl halides is 2. The van der Waals surface area contributed by atoms with Crippen LogP contribution in [0.5, 0.6) is 11.5 Å². The first-order valence-electron chi connectivity index (χ1n) is 8.61. The first-order valence-corrected chi connectivity index (χ1v) is 8.61. The van der Waals surface area contributed by atoms with Crippen LogP contribution >= 0.6 is 0 Å². The lowest BCUT2D eigenvalue weighted by Gasteiger charge is -2.18. The Morgan fingerprint density at radius 2 is 1.83 bits per heavy atom. The average Bonchev–Trinajstić information content (AvgIpc) is 2.68. The number of para-hydroxylation sites is 1. The van der Waals surface area contributed by atoms with Crippen LogP contribution in [0.15, 0.2) is 42.5 Å². The molecule has 0 unspecified atom stereocenters. The van der Waals surface area contributed by atoms with Gasteiger partial charge in [-0.1, -0.05) is 18.2 Å². The third-order valence-electron chi connectivity index (χ3n) is 3.92. The Bertz CT molecular complexity index is 861. The van der Waals surface area contributed by atoms with Crippen LogP contribution in [0.3, 0.4) is 0 Å². The lowest BCUT2D eigenvalue weighted by Crippen LogP contribution is -2.30. The minimum Gasteiger partial charge on any atom is -0.493 e. The van der Waals surface area contributed by atoms with Crippen molar-refractivity contribution in [1.82, 2.24) is 4.90 Å². The summed E-state index contributed by atoms with van der Waals surface area (Å²) in [5.74, 6) is -0.764. The van der Waals surface area contributed by atoms with Gasteiger partial charge in [-0.2, -0.15) is 8.78 Å². The smallest absolute Gasteiger partial charge is 0.387 e. The Labute approximate surface area is 167 Å². The van der Waals surface area contributed by atoms with E-state index < -0.39 is 12.6 Å². The molecule has 29 heavy (non-hydrogen) atoms. The van der Waals surface area contributed by atoms with Gasteiger partial charge >= 0.3 is 12.6 Å². The lowest BCUT2D eigenvalue weighted by molar-refractivity contribution is -0.117. The van der Waals surface area contributed by atoms with Gasteiger partial charge in [0.25, 0.3) is 0 Å². The summed E-state index contributed by atoms with van der Waals surface area (Å²) < 4.78 is 39.0. The molecule has 2 aromatic carbocycles. The van der Waals surface area contributed by atoms with Crippen molar-refractivity contribution in [2.45, 2.75) is 13.2 Å². The van der Waals surface area contributed by atoms with E-state index in [-0.39, 0.29) is 29.5 Å². The van der Waals surface area contributed by atoms with Crippen LogP contribution in [0.1, 0.15) is 15.9 Å². The van der Waals surface area contributed by atoms with Crippen LogP contribution in [0.2, 0.25) is 0 Å². The largest absolute Gasteiger partial charge is 0.493 e. The number of likely N-dealkylation sites (N-methyl/N-ethyl adjacent to an activating group) is 1. The number of hydrogen-bond acceptors (Lipinski definition) is 6. The molecule has 0 spiro atoms. The fourth-order valence-electron chi connectivity index (χ4n) is 2.69. The van der Waals surface area contributed by atoms with Crippen molar-refractivity contribution in [3.8, 4) is 11.5 Å². The molecular formula is C20H22F2N2O5. The normalized spacial score (nSPS) is 10.7. The highest BCUT2D eigenvalue weighted by Crippen LogP contribution is 2.29. The first kappa shape index (κ1) is 22.1. The highest BCUT2D eigenvalue weighted by Gasteiger charge is 2.15. The zero-order valence-electron chi connectivity index (χ0n) is 16.3. The standard InChI is InChI=1S/C20H22F2N2O5/c1-24(11-13-8-9-16(29-20(21)22)17(10-13)27-2)12-18(25)23-15-7-5-4-6-14(15)19(26)28-3/h4-10,20H,11-12H2,1-3H3,(H,23,25). The van der Waals surface area contributed by atoms with E-state index >= 15 is 0 Å². The molecule has 9 heteroatoms. The summed E-state index contributed by atoms with van der Waals surface area (Å²) in [5, 5.41) is 2.69. The van der Waals surface area contributed by atoms with Crippen LogP contribution in [0, 0.1) is 0 Å². The third kappa shape index (κ3) is 6.42. The second-order valence-corrected chi connectivity index (χ2v) is 6.12. The van der Waals surface area contributed by atoms with Crippen molar-refractivity contribution in [2.75, 3.05) is 33.1 Å². The maximum Gasteiger partial charge on any atom is 0.387 e. The van der Waals surface area contributed by atoms with E-state index in [1.165, 1.54) is 20.3 Å². The molecule has 0 heterocycles. The minimum atomic E-state index is -2.95. The number of anilines is 1. The molecule has 0 radical (unpaired) electrons. The van der Waals surface area contributed by atoms with Crippen molar-refractivity contribution in [3.63, 3.8) is 0 Å². The first-order chi connectivity index (χ1) is 13.8. The minimum absolute atomic E-state index is 0.0348. The highest BCUT2D eigenvalue weighted by molar-refractivity contribution is 6.01. The zero-order chi connectivity index (χ0) is 21.4. The maximum atomic E-state index is 12.4. The van der Waals surface area contributed by atoms with Gasteiger partial charge in [0.1, 0.15) is 0 Å². The maximum absolute atomic E-state index is 12.4. The molecule has 0 aromatic heterocycles. The van der Waals surface area contributed by atoms with Gasteiger partial charge in [-0.15, -0.1) is 0 Å². The van der Waals surface area contributed by atoms with Gasteiger partial charge in [0.2, 0.25) is 5.91 Å². The summed E-state index contributed by atoms with van der Waals surface area (Å²) >= 11 is 0. The predicted molar refractivity (Wildman–Crippen MR) is 102 cm³/mol.